The molecule has 0 saturated heterocycles. The third-order valence-electron chi connectivity index (χ3n) is 3.43. The van der Waals surface area contributed by atoms with Crippen molar-refractivity contribution in [1.29, 1.82) is 0 Å². The summed E-state index contributed by atoms with van der Waals surface area (Å²) in [5.41, 5.74) is 1.09. The number of amides is 1. The number of hydrogen-bond donors (Lipinski definition) is 1. The lowest BCUT2D eigenvalue weighted by Gasteiger charge is -2.31. The number of nitrogens with zero attached hydrogens (tertiary/aromatic N) is 1. The van der Waals surface area contributed by atoms with Crippen LogP contribution in [0.4, 0.5) is 4.79 Å². The van der Waals surface area contributed by atoms with Crippen molar-refractivity contribution < 1.29 is 24.2 Å². The fourth-order valence-corrected chi connectivity index (χ4v) is 2.39. The van der Waals surface area contributed by atoms with Crippen molar-refractivity contribution in [1.82, 2.24) is 4.90 Å². The van der Waals surface area contributed by atoms with Crippen molar-refractivity contribution in [2.75, 3.05) is 13.7 Å². The summed E-state index contributed by atoms with van der Waals surface area (Å²) in [5, 5.41) is 10.2. The minimum atomic E-state index is -0.574. The Morgan fingerprint density at radius 2 is 1.95 bits per heavy atom. The Kier molecular flexibility index (Phi) is 4.30. The van der Waals surface area contributed by atoms with Crippen LogP contribution in [0.25, 0.3) is 0 Å². The molecule has 1 heterocycles. The molecule has 0 radical (unpaired) electrons. The predicted molar refractivity (Wildman–Crippen MR) is 79.8 cm³/mol. The molecule has 0 unspecified atom stereocenters. The van der Waals surface area contributed by atoms with Crippen molar-refractivity contribution in [3.05, 3.63) is 28.8 Å². The van der Waals surface area contributed by atoms with Crippen molar-refractivity contribution in [3.63, 3.8) is 0 Å². The first-order valence-corrected chi connectivity index (χ1v) is 7.13. The molecule has 6 nitrogen and oxygen atoms in total. The number of ether oxygens (including phenoxy) is 2. The highest BCUT2D eigenvalue weighted by Gasteiger charge is 2.28. The summed E-state index contributed by atoms with van der Waals surface area (Å²) < 4.78 is 9.99. The summed E-state index contributed by atoms with van der Waals surface area (Å²) in [6.07, 6.45) is 0.0836. The molecule has 22 heavy (non-hydrogen) atoms. The highest BCUT2D eigenvalue weighted by Crippen LogP contribution is 2.31. The number of fused-ring (bicyclic) bond motifs is 1. The van der Waals surface area contributed by atoms with E-state index in [1.807, 2.05) is 20.8 Å². The van der Waals surface area contributed by atoms with Gasteiger partial charge in [-0.1, -0.05) is 6.07 Å². The summed E-state index contributed by atoms with van der Waals surface area (Å²) in [6.45, 7) is 6.23. The molecule has 120 valence electrons. The zero-order chi connectivity index (χ0) is 16.5. The van der Waals surface area contributed by atoms with Gasteiger partial charge in [0.15, 0.2) is 0 Å². The van der Waals surface area contributed by atoms with Gasteiger partial charge in [-0.3, -0.25) is 0 Å². The molecule has 6 heteroatoms. The van der Waals surface area contributed by atoms with Gasteiger partial charge in [0.05, 0.1) is 7.11 Å². The van der Waals surface area contributed by atoms with Crippen molar-refractivity contribution in [2.24, 2.45) is 0 Å². The molecule has 1 amide bonds. The summed E-state index contributed by atoms with van der Waals surface area (Å²) in [4.78, 5) is 25.3. The van der Waals surface area contributed by atoms with E-state index in [1.54, 1.807) is 11.0 Å². The Morgan fingerprint density at radius 1 is 1.27 bits per heavy atom. The number of carbonyl (C=O) groups is 2. The van der Waals surface area contributed by atoms with Gasteiger partial charge in [-0.15, -0.1) is 0 Å². The molecule has 0 fully saturated rings. The van der Waals surface area contributed by atoms with Crippen LogP contribution in [0.1, 0.15) is 42.3 Å². The van der Waals surface area contributed by atoms with E-state index in [0.717, 1.165) is 5.56 Å². The standard InChI is InChI=1S/C16H21NO5/c1-16(2,3)22-15(20)17-8-7-11-10(9-17)5-6-12(13(11)18)14(19)21-4/h5-6,18H,7-9H2,1-4H3. The molecule has 0 aliphatic carbocycles. The van der Waals surface area contributed by atoms with Gasteiger partial charge < -0.3 is 19.5 Å². The number of carbonyl (C=O) groups excluding carboxylic acids is 2. The van der Waals surface area contributed by atoms with Crippen LogP contribution in [-0.4, -0.2) is 41.3 Å². The minimum absolute atomic E-state index is 0.0619. The lowest BCUT2D eigenvalue weighted by molar-refractivity contribution is 0.0222. The van der Waals surface area contributed by atoms with E-state index in [1.165, 1.54) is 13.2 Å². The van der Waals surface area contributed by atoms with Crippen LogP contribution in [0, 0.1) is 0 Å². The number of aromatic hydroxyl groups is 1. The SMILES string of the molecule is COC(=O)c1ccc2c(c1O)CCN(C(=O)OC(C)(C)C)C2. The second kappa shape index (κ2) is 5.87. The third-order valence-corrected chi connectivity index (χ3v) is 3.43. The van der Waals surface area contributed by atoms with Crippen LogP contribution < -0.4 is 0 Å². The maximum atomic E-state index is 12.1. The van der Waals surface area contributed by atoms with Gasteiger partial charge in [0, 0.05) is 18.7 Å². The molecule has 1 N–H and O–H groups in total. The van der Waals surface area contributed by atoms with E-state index in [4.69, 9.17) is 4.74 Å². The van der Waals surface area contributed by atoms with Crippen LogP contribution in [0.5, 0.6) is 5.75 Å². The summed E-state index contributed by atoms with van der Waals surface area (Å²) in [6, 6.07) is 3.25. The average Bonchev–Trinajstić information content (AvgIpc) is 2.44. The normalized spacial score (nSPS) is 14.3. The molecule has 0 atom stereocenters. The predicted octanol–water partition coefficient (Wildman–Crippen LogP) is 2.47. The third kappa shape index (κ3) is 3.32. The van der Waals surface area contributed by atoms with Crippen LogP contribution in [0.3, 0.4) is 0 Å². The molecule has 0 saturated carbocycles. The molecule has 1 aromatic rings. The lowest BCUT2D eigenvalue weighted by Crippen LogP contribution is -2.40. The number of hydrogen-bond acceptors (Lipinski definition) is 5. The van der Waals surface area contributed by atoms with Gasteiger partial charge in [0.1, 0.15) is 16.9 Å². The molecule has 2 rings (SSSR count). The molecule has 1 aromatic carbocycles. The average molecular weight is 307 g/mol. The summed E-state index contributed by atoms with van der Waals surface area (Å²) in [5.74, 6) is -0.636. The van der Waals surface area contributed by atoms with E-state index < -0.39 is 11.6 Å². The second-order valence-electron chi connectivity index (χ2n) is 6.24. The minimum Gasteiger partial charge on any atom is -0.507 e. The van der Waals surface area contributed by atoms with E-state index in [-0.39, 0.29) is 17.4 Å². The quantitative estimate of drug-likeness (QED) is 0.807. The van der Waals surface area contributed by atoms with Gasteiger partial charge >= 0.3 is 12.1 Å². The Bertz CT molecular complexity index is 603. The Labute approximate surface area is 129 Å². The van der Waals surface area contributed by atoms with Crippen molar-refractivity contribution >= 4 is 12.1 Å². The van der Waals surface area contributed by atoms with Gasteiger partial charge in [-0.2, -0.15) is 0 Å². The monoisotopic (exact) mass is 307 g/mol. The van der Waals surface area contributed by atoms with Gasteiger partial charge in [-0.05, 0) is 38.8 Å². The highest BCUT2D eigenvalue weighted by atomic mass is 16.6. The smallest absolute Gasteiger partial charge is 0.410 e. The topological polar surface area (TPSA) is 76.1 Å². The first kappa shape index (κ1) is 16.1. The zero-order valence-electron chi connectivity index (χ0n) is 13.3. The van der Waals surface area contributed by atoms with Crippen molar-refractivity contribution in [2.45, 2.75) is 39.3 Å². The first-order chi connectivity index (χ1) is 10.2. The number of methoxy groups -OCH3 is 1. The largest absolute Gasteiger partial charge is 0.507 e. The number of esters is 1. The number of phenols is 1. The zero-order valence-corrected chi connectivity index (χ0v) is 13.3. The van der Waals surface area contributed by atoms with Gasteiger partial charge in [0.2, 0.25) is 0 Å². The maximum absolute atomic E-state index is 12.1. The Morgan fingerprint density at radius 3 is 2.55 bits per heavy atom. The van der Waals surface area contributed by atoms with E-state index in [0.29, 0.717) is 25.1 Å². The second-order valence-corrected chi connectivity index (χ2v) is 6.24. The van der Waals surface area contributed by atoms with Crippen LogP contribution >= 0.6 is 0 Å². The Balaban J connectivity index is 2.20. The number of phenolic OH excluding ortho intramolecular Hbond substituents is 1. The van der Waals surface area contributed by atoms with E-state index in [9.17, 15) is 14.7 Å². The first-order valence-electron chi connectivity index (χ1n) is 7.13. The van der Waals surface area contributed by atoms with Gasteiger partial charge in [-0.25, -0.2) is 9.59 Å². The van der Waals surface area contributed by atoms with E-state index in [2.05, 4.69) is 4.74 Å². The van der Waals surface area contributed by atoms with Crippen molar-refractivity contribution in [3.8, 4) is 5.75 Å². The molecule has 0 aromatic heterocycles. The molecule has 1 aliphatic rings. The fraction of sp³-hybridized carbons (Fsp3) is 0.500. The maximum Gasteiger partial charge on any atom is 0.410 e. The molecular formula is C16H21NO5. The molecule has 0 spiro atoms. The molecule has 1 aliphatic heterocycles. The molecule has 0 bridgehead atoms. The Hall–Kier alpha value is -2.24. The van der Waals surface area contributed by atoms with Crippen LogP contribution in [0.15, 0.2) is 12.1 Å². The van der Waals surface area contributed by atoms with Gasteiger partial charge in [0.25, 0.3) is 0 Å². The number of rotatable bonds is 1. The van der Waals surface area contributed by atoms with E-state index >= 15 is 0 Å². The van der Waals surface area contributed by atoms with Crippen LogP contribution in [0.2, 0.25) is 0 Å². The lowest BCUT2D eigenvalue weighted by atomic mass is 9.96. The molecular weight excluding hydrogens is 286 g/mol. The summed E-state index contributed by atoms with van der Waals surface area (Å²) >= 11 is 0. The van der Waals surface area contributed by atoms with Crippen LogP contribution in [-0.2, 0) is 22.4 Å². The highest BCUT2D eigenvalue weighted by molar-refractivity contribution is 5.93. The summed E-state index contributed by atoms with van der Waals surface area (Å²) in [7, 11) is 1.27. The number of benzene rings is 1. The fourth-order valence-electron chi connectivity index (χ4n) is 2.39.